The van der Waals surface area contributed by atoms with E-state index in [-0.39, 0.29) is 6.42 Å². The molecule has 0 aliphatic carbocycles. The summed E-state index contributed by atoms with van der Waals surface area (Å²) < 4.78 is 0. The lowest BCUT2D eigenvalue weighted by molar-refractivity contribution is -0.242. The van der Waals surface area contributed by atoms with Gasteiger partial charge in [-0.15, -0.1) is 0 Å². The van der Waals surface area contributed by atoms with Gasteiger partial charge in [-0.05, 0) is 57.6 Å². The minimum Gasteiger partial charge on any atom is -0.481 e. The molecule has 0 aromatic carbocycles. The second-order valence-electron chi connectivity index (χ2n) is 5.56. The van der Waals surface area contributed by atoms with E-state index in [0.29, 0.717) is 12.4 Å². The van der Waals surface area contributed by atoms with Crippen molar-refractivity contribution in [1.29, 1.82) is 0 Å². The van der Waals surface area contributed by atoms with Crippen molar-refractivity contribution in [2.24, 2.45) is 0 Å². The molecule has 0 aliphatic heterocycles. The van der Waals surface area contributed by atoms with Gasteiger partial charge in [-0.25, -0.2) is 4.89 Å². The summed E-state index contributed by atoms with van der Waals surface area (Å²) in [5.41, 5.74) is 0. The highest BCUT2D eigenvalue weighted by atomic mass is 32.2. The Morgan fingerprint density at radius 3 is 2.13 bits per heavy atom. The quantitative estimate of drug-likeness (QED) is 0.162. The van der Waals surface area contributed by atoms with E-state index in [9.17, 15) is 4.79 Å². The molecule has 0 bridgehead atoms. The van der Waals surface area contributed by atoms with Crippen LogP contribution in [0.1, 0.15) is 51.4 Å². The van der Waals surface area contributed by atoms with E-state index in [1.54, 1.807) is 11.8 Å². The molecule has 0 aromatic heterocycles. The fourth-order valence-electron chi connectivity index (χ4n) is 2.10. The predicted octanol–water partition coefficient (Wildman–Crippen LogP) is 2.59. The van der Waals surface area contributed by atoms with Crippen LogP contribution in [0.4, 0.5) is 0 Å². The van der Waals surface area contributed by atoms with Gasteiger partial charge < -0.3 is 15.7 Å². The molecule has 0 rings (SSSR count). The highest BCUT2D eigenvalue weighted by Crippen LogP contribution is 2.04. The Morgan fingerprint density at radius 2 is 1.43 bits per heavy atom. The van der Waals surface area contributed by atoms with Gasteiger partial charge in [0.2, 0.25) is 0 Å². The molecule has 0 amide bonds. The van der Waals surface area contributed by atoms with E-state index in [1.807, 2.05) is 0 Å². The first-order valence-electron chi connectivity index (χ1n) is 8.74. The summed E-state index contributed by atoms with van der Waals surface area (Å²) in [7, 11) is 0. The van der Waals surface area contributed by atoms with Crippen LogP contribution >= 0.6 is 11.8 Å². The van der Waals surface area contributed by atoms with Gasteiger partial charge in [0.15, 0.2) is 0 Å². The van der Waals surface area contributed by atoms with Crippen molar-refractivity contribution in [3.8, 4) is 0 Å². The Bertz CT molecular complexity index is 258. The molecule has 23 heavy (non-hydrogen) atoms. The summed E-state index contributed by atoms with van der Waals surface area (Å²) >= 11 is 1.71. The molecule has 0 saturated carbocycles. The lowest BCUT2D eigenvalue weighted by atomic mass is 10.1. The fourth-order valence-corrected chi connectivity index (χ4v) is 2.97. The fraction of sp³-hybridized carbons (Fsp3) is 0.938. The number of thioether (sulfide) groups is 1. The zero-order valence-electron chi connectivity index (χ0n) is 14.2. The van der Waals surface area contributed by atoms with E-state index in [0.717, 1.165) is 57.6 Å². The molecule has 0 radical (unpaired) electrons. The molecular formula is C16H34N2O4S. The largest absolute Gasteiger partial charge is 0.481 e. The molecule has 0 fully saturated rings. The Morgan fingerprint density at radius 1 is 0.826 bits per heavy atom. The van der Waals surface area contributed by atoms with Gasteiger partial charge in [0.25, 0.3) is 0 Å². The molecule has 0 spiro atoms. The number of hydrogen-bond acceptors (Lipinski definition) is 6. The third-order valence-electron chi connectivity index (χ3n) is 3.40. The number of hydrogen-bond donors (Lipinski definition) is 4. The average Bonchev–Trinajstić information content (AvgIpc) is 2.53. The van der Waals surface area contributed by atoms with Crippen LogP contribution in [0, 0.1) is 0 Å². The number of carboxylic acids is 1. The lowest BCUT2D eigenvalue weighted by Crippen LogP contribution is -2.23. The normalized spacial score (nSPS) is 11.0. The lowest BCUT2D eigenvalue weighted by Gasteiger charge is -2.06. The van der Waals surface area contributed by atoms with Crippen molar-refractivity contribution in [1.82, 2.24) is 10.6 Å². The molecule has 0 unspecified atom stereocenters. The summed E-state index contributed by atoms with van der Waals surface area (Å²) in [6.45, 7) is 4.63. The Labute approximate surface area is 144 Å². The first kappa shape index (κ1) is 22.7. The second-order valence-corrected chi connectivity index (χ2v) is 6.79. The van der Waals surface area contributed by atoms with Crippen LogP contribution in [0.2, 0.25) is 0 Å². The molecule has 4 N–H and O–H groups in total. The SMILES string of the molecule is O=C(O)CCSCCCNCCCNCCCCCCCOO. The van der Waals surface area contributed by atoms with Crippen molar-refractivity contribution < 1.29 is 20.0 Å². The standard InChI is InChI=1S/C16H34N2O4S/c19-16(20)8-15-23-14-7-12-18-11-6-10-17-9-4-2-1-3-5-13-22-21/h17-18,21H,1-15H2,(H,19,20). The van der Waals surface area contributed by atoms with Gasteiger partial charge in [0.05, 0.1) is 13.0 Å². The van der Waals surface area contributed by atoms with Crippen LogP contribution < -0.4 is 10.6 Å². The third-order valence-corrected chi connectivity index (χ3v) is 4.47. The summed E-state index contributed by atoms with van der Waals surface area (Å²) in [5, 5.41) is 23.5. The summed E-state index contributed by atoms with van der Waals surface area (Å²) in [6.07, 6.45) is 8.21. The van der Waals surface area contributed by atoms with Crippen LogP contribution in [-0.4, -0.2) is 60.6 Å². The second kappa shape index (κ2) is 19.7. The Balaban J connectivity index is 2.96. The molecular weight excluding hydrogens is 316 g/mol. The van der Waals surface area contributed by atoms with Gasteiger partial charge in [-0.3, -0.25) is 10.1 Å². The van der Waals surface area contributed by atoms with Crippen molar-refractivity contribution in [3.63, 3.8) is 0 Å². The number of carbonyl (C=O) groups is 1. The Hall–Kier alpha value is -0.340. The predicted molar refractivity (Wildman–Crippen MR) is 96.2 cm³/mol. The molecule has 0 atom stereocenters. The number of nitrogens with one attached hydrogen (secondary N) is 2. The monoisotopic (exact) mass is 350 g/mol. The van der Waals surface area contributed by atoms with Crippen molar-refractivity contribution >= 4 is 17.7 Å². The third kappa shape index (κ3) is 21.7. The smallest absolute Gasteiger partial charge is 0.304 e. The molecule has 6 nitrogen and oxygen atoms in total. The zero-order valence-corrected chi connectivity index (χ0v) is 15.0. The average molecular weight is 351 g/mol. The van der Waals surface area contributed by atoms with Crippen molar-refractivity contribution in [2.75, 3.05) is 44.3 Å². The van der Waals surface area contributed by atoms with E-state index < -0.39 is 5.97 Å². The number of carboxylic acid groups (broad SMARTS) is 1. The van der Waals surface area contributed by atoms with Gasteiger partial charge >= 0.3 is 5.97 Å². The first-order chi connectivity index (χ1) is 11.3. The van der Waals surface area contributed by atoms with Crippen molar-refractivity contribution in [3.05, 3.63) is 0 Å². The number of aliphatic carboxylic acids is 1. The van der Waals surface area contributed by atoms with Crippen LogP contribution in [0.15, 0.2) is 0 Å². The highest BCUT2D eigenvalue weighted by Gasteiger charge is 1.96. The summed E-state index contributed by atoms with van der Waals surface area (Å²) in [6, 6.07) is 0. The van der Waals surface area contributed by atoms with Gasteiger partial charge in [0.1, 0.15) is 0 Å². The summed E-state index contributed by atoms with van der Waals surface area (Å²) in [4.78, 5) is 14.4. The minimum atomic E-state index is -0.709. The van der Waals surface area contributed by atoms with Gasteiger partial charge in [0, 0.05) is 5.75 Å². The molecule has 7 heteroatoms. The van der Waals surface area contributed by atoms with E-state index in [1.165, 1.54) is 19.3 Å². The highest BCUT2D eigenvalue weighted by molar-refractivity contribution is 7.99. The number of unbranched alkanes of at least 4 members (excludes halogenated alkanes) is 4. The molecule has 138 valence electrons. The maximum absolute atomic E-state index is 10.3. The Kier molecular flexibility index (Phi) is 19.4. The topological polar surface area (TPSA) is 90.8 Å². The maximum Gasteiger partial charge on any atom is 0.304 e. The van der Waals surface area contributed by atoms with Crippen molar-refractivity contribution in [2.45, 2.75) is 51.4 Å². The maximum atomic E-state index is 10.3. The first-order valence-corrected chi connectivity index (χ1v) is 9.90. The molecule has 0 saturated heterocycles. The number of rotatable bonds is 19. The van der Waals surface area contributed by atoms with Crippen LogP contribution in [0.3, 0.4) is 0 Å². The van der Waals surface area contributed by atoms with Crippen LogP contribution in [0.5, 0.6) is 0 Å². The minimum absolute atomic E-state index is 0.265. The molecule has 0 aromatic rings. The van der Waals surface area contributed by atoms with Gasteiger partial charge in [-0.2, -0.15) is 11.8 Å². The van der Waals surface area contributed by atoms with E-state index in [4.69, 9.17) is 10.4 Å². The zero-order chi connectivity index (χ0) is 17.0. The van der Waals surface area contributed by atoms with Crippen LogP contribution in [-0.2, 0) is 9.68 Å². The van der Waals surface area contributed by atoms with E-state index in [2.05, 4.69) is 15.5 Å². The summed E-state index contributed by atoms with van der Waals surface area (Å²) in [5.74, 6) is 1.04. The molecule has 0 aliphatic rings. The molecule has 0 heterocycles. The van der Waals surface area contributed by atoms with E-state index >= 15 is 0 Å². The van der Waals surface area contributed by atoms with Gasteiger partial charge in [-0.1, -0.05) is 19.3 Å². The van der Waals surface area contributed by atoms with Crippen LogP contribution in [0.25, 0.3) is 0 Å².